The van der Waals surface area contributed by atoms with E-state index in [0.29, 0.717) is 6.54 Å². The Morgan fingerprint density at radius 2 is 2.04 bits per heavy atom. The molecule has 1 N–H and O–H groups in total. The minimum atomic E-state index is 0.112. The second-order valence-electron chi connectivity index (χ2n) is 5.85. The molecule has 0 bridgehead atoms. The van der Waals surface area contributed by atoms with Crippen LogP contribution in [0.1, 0.15) is 27.4 Å². The van der Waals surface area contributed by atoms with Gasteiger partial charge in [0.1, 0.15) is 0 Å². The first-order valence-electron chi connectivity index (χ1n) is 7.89. The van der Waals surface area contributed by atoms with Crippen molar-refractivity contribution < 1.29 is 4.79 Å². The van der Waals surface area contributed by atoms with Crippen molar-refractivity contribution in [2.75, 3.05) is 12.9 Å². The normalized spacial score (nSPS) is 13.7. The highest BCUT2D eigenvalue weighted by Gasteiger charge is 2.30. The summed E-state index contributed by atoms with van der Waals surface area (Å²) in [7, 11) is 2.04. The van der Waals surface area contributed by atoms with Crippen molar-refractivity contribution in [1.82, 2.24) is 19.4 Å². The molecule has 3 heterocycles. The number of alkyl halides is 1. The van der Waals surface area contributed by atoms with Gasteiger partial charge >= 0.3 is 0 Å². The molecule has 1 aliphatic heterocycles. The minimum Gasteiger partial charge on any atom is -0.348 e. The fourth-order valence-electron chi connectivity index (χ4n) is 3.36. The van der Waals surface area contributed by atoms with Crippen LogP contribution in [0.5, 0.6) is 0 Å². The third kappa shape index (κ3) is 2.59. The molecule has 1 aliphatic rings. The minimum absolute atomic E-state index is 0.112. The molecule has 24 heavy (non-hydrogen) atoms. The maximum atomic E-state index is 13.0. The first kappa shape index (κ1) is 16.6. The SMILES string of the molecule is CCl.Cc1[nH]cnc1CN1CCc2c(c3ccccc3n2C)C1=O. The number of carbonyl (C=O) groups is 1. The predicted octanol–water partition coefficient (Wildman–Crippen LogP) is 3.26. The Labute approximate surface area is 146 Å². The van der Waals surface area contributed by atoms with E-state index < -0.39 is 0 Å². The summed E-state index contributed by atoms with van der Waals surface area (Å²) in [4.78, 5) is 22.2. The van der Waals surface area contributed by atoms with E-state index >= 15 is 0 Å². The number of para-hydroxylation sites is 1. The van der Waals surface area contributed by atoms with Gasteiger partial charge < -0.3 is 14.5 Å². The molecule has 6 heteroatoms. The van der Waals surface area contributed by atoms with Crippen LogP contribution in [0, 0.1) is 6.92 Å². The van der Waals surface area contributed by atoms with Crippen LogP contribution in [0.25, 0.3) is 10.9 Å². The molecule has 3 aromatic rings. The van der Waals surface area contributed by atoms with Crippen LogP contribution in [0.15, 0.2) is 30.6 Å². The molecule has 0 spiro atoms. The summed E-state index contributed by atoms with van der Waals surface area (Å²) in [6, 6.07) is 8.12. The number of halogens is 1. The van der Waals surface area contributed by atoms with Gasteiger partial charge in [-0.25, -0.2) is 4.98 Å². The summed E-state index contributed by atoms with van der Waals surface area (Å²) in [6.07, 6.45) is 4.04. The van der Waals surface area contributed by atoms with E-state index in [1.165, 1.54) is 6.38 Å². The molecule has 1 aromatic carbocycles. The molecular formula is C18H21ClN4O. The van der Waals surface area contributed by atoms with Gasteiger partial charge in [-0.2, -0.15) is 0 Å². The Kier molecular flexibility index (Phi) is 4.62. The second kappa shape index (κ2) is 6.69. The first-order chi connectivity index (χ1) is 11.7. The number of carbonyl (C=O) groups excluding carboxylic acids is 1. The molecule has 0 saturated carbocycles. The Hall–Kier alpha value is -2.27. The van der Waals surface area contributed by atoms with Gasteiger partial charge in [0.25, 0.3) is 5.91 Å². The summed E-state index contributed by atoms with van der Waals surface area (Å²) >= 11 is 4.64. The number of hydrogen-bond donors (Lipinski definition) is 1. The number of aryl methyl sites for hydroxylation is 2. The van der Waals surface area contributed by atoms with Gasteiger partial charge in [-0.3, -0.25) is 4.79 Å². The fraction of sp³-hybridized carbons (Fsp3) is 0.333. The van der Waals surface area contributed by atoms with Gasteiger partial charge in [0.15, 0.2) is 0 Å². The second-order valence-corrected chi connectivity index (χ2v) is 5.85. The number of aromatic nitrogens is 3. The number of hydrogen-bond acceptors (Lipinski definition) is 2. The number of nitrogens with zero attached hydrogens (tertiary/aromatic N) is 3. The predicted molar refractivity (Wildman–Crippen MR) is 96.5 cm³/mol. The van der Waals surface area contributed by atoms with Gasteiger partial charge in [-0.15, -0.1) is 11.6 Å². The van der Waals surface area contributed by atoms with Gasteiger partial charge in [0.2, 0.25) is 0 Å². The summed E-state index contributed by atoms with van der Waals surface area (Å²) in [5.41, 5.74) is 5.09. The molecule has 1 amide bonds. The zero-order chi connectivity index (χ0) is 17.3. The number of aromatic amines is 1. The van der Waals surface area contributed by atoms with Crippen LogP contribution >= 0.6 is 11.6 Å². The lowest BCUT2D eigenvalue weighted by Gasteiger charge is -2.27. The molecule has 2 aromatic heterocycles. The highest BCUT2D eigenvalue weighted by molar-refractivity contribution is 6.15. The number of nitrogens with one attached hydrogen (secondary N) is 1. The Balaban J connectivity index is 0.000000815. The zero-order valence-corrected chi connectivity index (χ0v) is 14.9. The maximum Gasteiger partial charge on any atom is 0.256 e. The molecule has 0 atom stereocenters. The lowest BCUT2D eigenvalue weighted by Crippen LogP contribution is -2.37. The maximum absolute atomic E-state index is 13.0. The van der Waals surface area contributed by atoms with Crippen molar-refractivity contribution in [1.29, 1.82) is 0 Å². The van der Waals surface area contributed by atoms with Crippen molar-refractivity contribution in [3.8, 4) is 0 Å². The zero-order valence-electron chi connectivity index (χ0n) is 14.1. The number of H-pyrrole nitrogens is 1. The monoisotopic (exact) mass is 344 g/mol. The average Bonchev–Trinajstić information content (AvgIpc) is 3.15. The quantitative estimate of drug-likeness (QED) is 0.725. The van der Waals surface area contributed by atoms with E-state index in [0.717, 1.165) is 46.5 Å². The largest absolute Gasteiger partial charge is 0.348 e. The Morgan fingerprint density at radius 3 is 2.75 bits per heavy atom. The molecule has 0 unspecified atom stereocenters. The summed E-state index contributed by atoms with van der Waals surface area (Å²) in [5, 5.41) is 1.05. The highest BCUT2D eigenvalue weighted by atomic mass is 35.5. The van der Waals surface area contributed by atoms with Crippen molar-refractivity contribution in [3.63, 3.8) is 0 Å². The summed E-state index contributed by atoms with van der Waals surface area (Å²) in [6.45, 7) is 3.29. The van der Waals surface area contributed by atoms with Gasteiger partial charge in [0.05, 0.1) is 24.1 Å². The van der Waals surface area contributed by atoms with E-state index in [2.05, 4.69) is 32.2 Å². The van der Waals surface area contributed by atoms with Crippen LogP contribution in [0.4, 0.5) is 0 Å². The van der Waals surface area contributed by atoms with Crippen molar-refractivity contribution in [2.45, 2.75) is 19.9 Å². The smallest absolute Gasteiger partial charge is 0.256 e. The third-order valence-electron chi connectivity index (χ3n) is 4.62. The van der Waals surface area contributed by atoms with Gasteiger partial charge in [-0.1, -0.05) is 18.2 Å². The lowest BCUT2D eigenvalue weighted by molar-refractivity contribution is 0.0725. The van der Waals surface area contributed by atoms with Crippen LogP contribution in [0.2, 0.25) is 0 Å². The highest BCUT2D eigenvalue weighted by Crippen LogP contribution is 2.30. The van der Waals surface area contributed by atoms with Crippen LogP contribution in [-0.2, 0) is 20.0 Å². The third-order valence-corrected chi connectivity index (χ3v) is 4.62. The number of imidazole rings is 1. The van der Waals surface area contributed by atoms with E-state index in [-0.39, 0.29) is 5.91 Å². The van der Waals surface area contributed by atoms with Crippen molar-refractivity contribution in [2.24, 2.45) is 7.05 Å². The van der Waals surface area contributed by atoms with Crippen LogP contribution in [0.3, 0.4) is 0 Å². The molecule has 0 fully saturated rings. The first-order valence-corrected chi connectivity index (χ1v) is 8.64. The molecular weight excluding hydrogens is 324 g/mol. The number of rotatable bonds is 2. The van der Waals surface area contributed by atoms with Gasteiger partial charge in [-0.05, 0) is 13.0 Å². The van der Waals surface area contributed by atoms with E-state index in [4.69, 9.17) is 0 Å². The van der Waals surface area contributed by atoms with Crippen LogP contribution in [-0.4, -0.2) is 38.3 Å². The fourth-order valence-corrected chi connectivity index (χ4v) is 3.36. The van der Waals surface area contributed by atoms with E-state index in [1.807, 2.05) is 37.1 Å². The molecule has 0 saturated heterocycles. The number of fused-ring (bicyclic) bond motifs is 3. The van der Waals surface area contributed by atoms with E-state index in [1.54, 1.807) is 6.33 Å². The average molecular weight is 345 g/mol. The number of benzene rings is 1. The standard InChI is InChI=1S/C17H18N4O.CH3Cl/c1-11-13(19-10-18-11)9-21-8-7-15-16(17(21)22)12-5-3-4-6-14(12)20(15)2;1-2/h3-6,10H,7-9H2,1-2H3,(H,18,19);1H3. The molecule has 126 valence electrons. The summed E-state index contributed by atoms with van der Waals surface area (Å²) in [5.74, 6) is 0.112. The Bertz CT molecular complexity index is 880. The van der Waals surface area contributed by atoms with Crippen molar-refractivity contribution in [3.05, 3.63) is 53.2 Å². The number of amides is 1. The molecule has 0 aliphatic carbocycles. The van der Waals surface area contributed by atoms with Crippen molar-refractivity contribution >= 4 is 28.4 Å². The molecule has 0 radical (unpaired) electrons. The Morgan fingerprint density at radius 1 is 1.29 bits per heavy atom. The lowest BCUT2D eigenvalue weighted by atomic mass is 10.0. The van der Waals surface area contributed by atoms with Crippen LogP contribution < -0.4 is 0 Å². The van der Waals surface area contributed by atoms with E-state index in [9.17, 15) is 4.79 Å². The summed E-state index contributed by atoms with van der Waals surface area (Å²) < 4.78 is 2.15. The van der Waals surface area contributed by atoms with Gasteiger partial charge in [0, 0.05) is 48.7 Å². The molecule has 4 rings (SSSR count). The molecule has 5 nitrogen and oxygen atoms in total. The topological polar surface area (TPSA) is 53.9 Å².